The number of benzene rings is 2. The van der Waals surface area contributed by atoms with Crippen LogP contribution in [0.4, 0.5) is 11.5 Å². The summed E-state index contributed by atoms with van der Waals surface area (Å²) in [5.74, 6) is 1.37. The maximum Gasteiger partial charge on any atom is 0.276 e. The van der Waals surface area contributed by atoms with Crippen molar-refractivity contribution < 1.29 is 0 Å². The summed E-state index contributed by atoms with van der Waals surface area (Å²) in [5.41, 5.74) is 3.51. The Kier molecular flexibility index (Phi) is 3.47. The number of aromatic amines is 2. The van der Waals surface area contributed by atoms with Crippen molar-refractivity contribution in [2.45, 2.75) is 0 Å². The second kappa shape index (κ2) is 6.10. The van der Waals surface area contributed by atoms with Crippen LogP contribution in [-0.4, -0.2) is 19.9 Å². The predicted octanol–water partition coefficient (Wildman–Crippen LogP) is 4.21. The van der Waals surface area contributed by atoms with Crippen LogP contribution in [0.15, 0.2) is 77.7 Å². The van der Waals surface area contributed by atoms with Gasteiger partial charge in [0.2, 0.25) is 0 Å². The minimum Gasteiger partial charge on any atom is -0.340 e. The summed E-state index contributed by atoms with van der Waals surface area (Å²) in [5, 5.41) is 4.31. The van der Waals surface area contributed by atoms with E-state index >= 15 is 0 Å². The van der Waals surface area contributed by atoms with E-state index < -0.39 is 0 Å². The van der Waals surface area contributed by atoms with Gasteiger partial charge in [0, 0.05) is 22.8 Å². The van der Waals surface area contributed by atoms with E-state index in [2.05, 4.69) is 20.3 Å². The third-order valence-electron chi connectivity index (χ3n) is 4.43. The molecule has 3 aromatic heterocycles. The minimum atomic E-state index is -0.213. The summed E-state index contributed by atoms with van der Waals surface area (Å²) in [6.45, 7) is 0. The fourth-order valence-corrected chi connectivity index (χ4v) is 3.15. The first-order chi connectivity index (χ1) is 13.3. The molecule has 0 saturated carbocycles. The zero-order chi connectivity index (χ0) is 18.2. The lowest BCUT2D eigenvalue weighted by molar-refractivity contribution is 1.25. The van der Waals surface area contributed by atoms with Crippen molar-refractivity contribution in [1.29, 1.82) is 0 Å². The fraction of sp³-hybridized carbons (Fsp3) is 0. The molecule has 27 heavy (non-hydrogen) atoms. The van der Waals surface area contributed by atoms with Crippen molar-refractivity contribution in [3.63, 3.8) is 0 Å². The molecule has 0 unspecified atom stereocenters. The molecular formula is C21H15N5O. The molecule has 5 rings (SSSR count). The van der Waals surface area contributed by atoms with E-state index in [4.69, 9.17) is 4.98 Å². The largest absolute Gasteiger partial charge is 0.340 e. The predicted molar refractivity (Wildman–Crippen MR) is 107 cm³/mol. The highest BCUT2D eigenvalue weighted by molar-refractivity contribution is 5.94. The Morgan fingerprint density at radius 2 is 1.70 bits per heavy atom. The van der Waals surface area contributed by atoms with Crippen LogP contribution < -0.4 is 10.9 Å². The number of hydrogen-bond donors (Lipinski definition) is 3. The third-order valence-corrected chi connectivity index (χ3v) is 4.43. The van der Waals surface area contributed by atoms with Crippen molar-refractivity contribution in [2.24, 2.45) is 0 Å². The van der Waals surface area contributed by atoms with Gasteiger partial charge < -0.3 is 15.3 Å². The molecule has 0 aliphatic rings. The van der Waals surface area contributed by atoms with Crippen LogP contribution in [0, 0.1) is 0 Å². The second-order valence-electron chi connectivity index (χ2n) is 6.22. The molecule has 2 aromatic carbocycles. The molecule has 0 spiro atoms. The van der Waals surface area contributed by atoms with E-state index in [9.17, 15) is 4.79 Å². The fourth-order valence-electron chi connectivity index (χ4n) is 3.15. The molecule has 0 bridgehead atoms. The lowest BCUT2D eigenvalue weighted by atomic mass is 10.1. The van der Waals surface area contributed by atoms with Crippen molar-refractivity contribution in [3.05, 3.63) is 83.3 Å². The third kappa shape index (κ3) is 2.73. The van der Waals surface area contributed by atoms with Gasteiger partial charge >= 0.3 is 0 Å². The number of pyridine rings is 2. The molecule has 130 valence electrons. The summed E-state index contributed by atoms with van der Waals surface area (Å²) in [6.07, 6.45) is 1.61. The number of fused-ring (bicyclic) bond motifs is 2. The van der Waals surface area contributed by atoms with E-state index in [1.165, 1.54) is 0 Å². The number of para-hydroxylation sites is 2. The number of aromatic nitrogens is 4. The van der Waals surface area contributed by atoms with Gasteiger partial charge in [-0.3, -0.25) is 4.79 Å². The molecule has 3 heterocycles. The van der Waals surface area contributed by atoms with Crippen LogP contribution >= 0.6 is 0 Å². The summed E-state index contributed by atoms with van der Waals surface area (Å²) in [7, 11) is 0. The van der Waals surface area contributed by atoms with Crippen molar-refractivity contribution in [3.8, 4) is 11.4 Å². The Balaban J connectivity index is 1.66. The summed E-state index contributed by atoms with van der Waals surface area (Å²) in [4.78, 5) is 27.1. The zero-order valence-corrected chi connectivity index (χ0v) is 14.2. The maximum absolute atomic E-state index is 12.0. The van der Waals surface area contributed by atoms with Crippen molar-refractivity contribution in [2.75, 3.05) is 5.32 Å². The Morgan fingerprint density at radius 1 is 0.815 bits per heavy atom. The Bertz CT molecular complexity index is 1320. The zero-order valence-electron chi connectivity index (χ0n) is 14.2. The monoisotopic (exact) mass is 353 g/mol. The number of nitrogens with one attached hydrogen (secondary N) is 3. The number of H-pyrrole nitrogens is 2. The first kappa shape index (κ1) is 15.3. The second-order valence-corrected chi connectivity index (χ2v) is 6.22. The number of rotatable bonds is 3. The van der Waals surface area contributed by atoms with E-state index in [0.717, 1.165) is 28.0 Å². The average molecular weight is 353 g/mol. The molecule has 5 aromatic rings. The molecule has 6 nitrogen and oxygen atoms in total. The van der Waals surface area contributed by atoms with Gasteiger partial charge in [-0.05, 0) is 36.4 Å². The number of imidazole rings is 1. The SMILES string of the molecule is O=c1[nH]ccc2[nH]c(-c3cccc4ccc(Nc5ccccc5)nc34)nc12. The molecule has 6 heteroatoms. The van der Waals surface area contributed by atoms with Gasteiger partial charge in [-0.1, -0.05) is 30.3 Å². The number of anilines is 2. The van der Waals surface area contributed by atoms with Gasteiger partial charge in [0.05, 0.1) is 11.0 Å². The van der Waals surface area contributed by atoms with E-state index in [-0.39, 0.29) is 5.56 Å². The Hall–Kier alpha value is -3.93. The average Bonchev–Trinajstić information content (AvgIpc) is 3.14. The topological polar surface area (TPSA) is 86.5 Å². The molecule has 0 fully saturated rings. The molecule has 3 N–H and O–H groups in total. The highest BCUT2D eigenvalue weighted by Crippen LogP contribution is 2.28. The molecule has 0 aliphatic heterocycles. The van der Waals surface area contributed by atoms with E-state index in [1.807, 2.05) is 60.7 Å². The van der Waals surface area contributed by atoms with Crippen molar-refractivity contribution in [1.82, 2.24) is 19.9 Å². The molecule has 0 aliphatic carbocycles. The van der Waals surface area contributed by atoms with Gasteiger partial charge in [0.15, 0.2) is 5.52 Å². The van der Waals surface area contributed by atoms with Crippen LogP contribution in [0.3, 0.4) is 0 Å². The summed E-state index contributed by atoms with van der Waals surface area (Å²) < 4.78 is 0. The van der Waals surface area contributed by atoms with Gasteiger partial charge in [-0.25, -0.2) is 9.97 Å². The molecule has 0 amide bonds. The van der Waals surface area contributed by atoms with Crippen LogP contribution in [-0.2, 0) is 0 Å². The highest BCUT2D eigenvalue weighted by Gasteiger charge is 2.12. The van der Waals surface area contributed by atoms with E-state index in [1.54, 1.807) is 12.3 Å². The van der Waals surface area contributed by atoms with Crippen LogP contribution in [0.25, 0.3) is 33.3 Å². The van der Waals surface area contributed by atoms with Gasteiger partial charge in [-0.2, -0.15) is 0 Å². The molecule has 0 atom stereocenters. The number of hydrogen-bond acceptors (Lipinski definition) is 4. The first-order valence-electron chi connectivity index (χ1n) is 8.57. The normalized spacial score (nSPS) is 11.1. The smallest absolute Gasteiger partial charge is 0.276 e. The molecule has 0 saturated heterocycles. The lowest BCUT2D eigenvalue weighted by Gasteiger charge is -2.08. The lowest BCUT2D eigenvalue weighted by Crippen LogP contribution is -2.03. The molecular weight excluding hydrogens is 338 g/mol. The van der Waals surface area contributed by atoms with Gasteiger partial charge in [0.1, 0.15) is 11.6 Å². The first-order valence-corrected chi connectivity index (χ1v) is 8.57. The molecule has 0 radical (unpaired) electrons. The van der Waals surface area contributed by atoms with Crippen molar-refractivity contribution >= 4 is 33.4 Å². The van der Waals surface area contributed by atoms with Crippen LogP contribution in [0.2, 0.25) is 0 Å². The standard InChI is InChI=1S/C21H15N5O/c27-21-19-16(11-12-22-21)24-20(26-19)15-8-4-5-13-9-10-17(25-18(13)15)23-14-6-2-1-3-7-14/h1-12H,(H,22,27)(H,23,25)(H,24,26). The van der Waals surface area contributed by atoms with Crippen LogP contribution in [0.5, 0.6) is 0 Å². The van der Waals surface area contributed by atoms with E-state index in [0.29, 0.717) is 16.9 Å². The Labute approximate surface area is 153 Å². The summed E-state index contributed by atoms with van der Waals surface area (Å²) >= 11 is 0. The quantitative estimate of drug-likeness (QED) is 0.453. The van der Waals surface area contributed by atoms with Crippen LogP contribution in [0.1, 0.15) is 0 Å². The van der Waals surface area contributed by atoms with Gasteiger partial charge in [0.25, 0.3) is 5.56 Å². The summed E-state index contributed by atoms with van der Waals surface area (Å²) in [6, 6.07) is 21.6. The Morgan fingerprint density at radius 3 is 2.56 bits per heavy atom. The number of nitrogens with zero attached hydrogens (tertiary/aromatic N) is 2. The highest BCUT2D eigenvalue weighted by atomic mass is 16.1. The minimum absolute atomic E-state index is 0.213. The van der Waals surface area contributed by atoms with Gasteiger partial charge in [-0.15, -0.1) is 0 Å². The maximum atomic E-state index is 12.0.